The van der Waals surface area contributed by atoms with Crippen molar-refractivity contribution >= 4 is 11.0 Å². The summed E-state index contributed by atoms with van der Waals surface area (Å²) in [5.74, 6) is 2.46. The molecule has 1 aliphatic heterocycles. The molecule has 0 saturated heterocycles. The van der Waals surface area contributed by atoms with Crippen LogP contribution in [0.1, 0.15) is 18.7 Å². The average molecular weight is 277 g/mol. The SMILES string of the molecule is COCc1nc2cc3c(cc2n1CCCCN)OCO3. The van der Waals surface area contributed by atoms with Crippen LogP contribution < -0.4 is 15.2 Å². The predicted molar refractivity (Wildman–Crippen MR) is 74.9 cm³/mol. The van der Waals surface area contributed by atoms with E-state index in [4.69, 9.17) is 19.9 Å². The molecule has 2 aromatic rings. The first-order valence-electron chi connectivity index (χ1n) is 6.81. The van der Waals surface area contributed by atoms with Crippen LogP contribution in [0.15, 0.2) is 12.1 Å². The fourth-order valence-electron chi connectivity index (χ4n) is 2.47. The number of benzene rings is 1. The van der Waals surface area contributed by atoms with Gasteiger partial charge in [0.1, 0.15) is 12.4 Å². The molecule has 0 saturated carbocycles. The minimum atomic E-state index is 0.278. The highest BCUT2D eigenvalue weighted by molar-refractivity contribution is 5.81. The van der Waals surface area contributed by atoms with Crippen LogP contribution in [-0.2, 0) is 17.9 Å². The molecule has 2 heterocycles. The summed E-state index contributed by atoms with van der Waals surface area (Å²) in [6.45, 7) is 2.36. The summed E-state index contributed by atoms with van der Waals surface area (Å²) in [6.07, 6.45) is 2.02. The highest BCUT2D eigenvalue weighted by Crippen LogP contribution is 2.36. The first kappa shape index (κ1) is 13.2. The molecule has 0 unspecified atom stereocenters. The molecule has 0 atom stereocenters. The largest absolute Gasteiger partial charge is 0.454 e. The Hall–Kier alpha value is -1.79. The lowest BCUT2D eigenvalue weighted by Crippen LogP contribution is -2.07. The van der Waals surface area contributed by atoms with E-state index in [0.29, 0.717) is 13.2 Å². The van der Waals surface area contributed by atoms with Gasteiger partial charge in [-0.2, -0.15) is 0 Å². The molecule has 20 heavy (non-hydrogen) atoms. The average Bonchev–Trinajstić information content (AvgIpc) is 3.02. The van der Waals surface area contributed by atoms with Crippen molar-refractivity contribution in [3.8, 4) is 11.5 Å². The number of unbranched alkanes of at least 4 members (excludes halogenated alkanes) is 1. The van der Waals surface area contributed by atoms with Gasteiger partial charge in [0.15, 0.2) is 11.5 Å². The first-order chi connectivity index (χ1) is 9.83. The summed E-state index contributed by atoms with van der Waals surface area (Å²) in [7, 11) is 1.68. The van der Waals surface area contributed by atoms with Crippen LogP contribution >= 0.6 is 0 Å². The second-order valence-corrected chi connectivity index (χ2v) is 4.80. The van der Waals surface area contributed by atoms with Gasteiger partial charge in [0.05, 0.1) is 11.0 Å². The Morgan fingerprint density at radius 2 is 2.10 bits per heavy atom. The second kappa shape index (κ2) is 5.68. The van der Waals surface area contributed by atoms with Crippen molar-refractivity contribution in [3.63, 3.8) is 0 Å². The zero-order valence-corrected chi connectivity index (χ0v) is 11.6. The lowest BCUT2D eigenvalue weighted by Gasteiger charge is -2.08. The number of hydrogen-bond donors (Lipinski definition) is 1. The Bertz CT molecular complexity index is 609. The summed E-state index contributed by atoms with van der Waals surface area (Å²) in [5, 5.41) is 0. The summed E-state index contributed by atoms with van der Waals surface area (Å²) in [6, 6.07) is 3.92. The van der Waals surface area contributed by atoms with Gasteiger partial charge in [-0.05, 0) is 19.4 Å². The molecule has 1 aromatic heterocycles. The van der Waals surface area contributed by atoms with Crippen LogP contribution in [-0.4, -0.2) is 30.0 Å². The Morgan fingerprint density at radius 3 is 2.85 bits per heavy atom. The van der Waals surface area contributed by atoms with E-state index in [1.807, 2.05) is 12.1 Å². The minimum absolute atomic E-state index is 0.278. The predicted octanol–water partition coefficient (Wildman–Crippen LogP) is 1.65. The Labute approximate surface area is 117 Å². The zero-order valence-electron chi connectivity index (χ0n) is 11.6. The number of rotatable bonds is 6. The van der Waals surface area contributed by atoms with Gasteiger partial charge >= 0.3 is 0 Å². The van der Waals surface area contributed by atoms with Crippen LogP contribution in [0.2, 0.25) is 0 Å². The second-order valence-electron chi connectivity index (χ2n) is 4.80. The molecule has 0 amide bonds. The number of aryl methyl sites for hydroxylation is 1. The summed E-state index contributed by atoms with van der Waals surface area (Å²) in [4.78, 5) is 4.63. The smallest absolute Gasteiger partial charge is 0.231 e. The molecule has 108 valence electrons. The van der Waals surface area contributed by atoms with E-state index in [9.17, 15) is 0 Å². The number of hydrogen-bond acceptors (Lipinski definition) is 5. The van der Waals surface area contributed by atoms with E-state index in [2.05, 4.69) is 9.55 Å². The van der Waals surface area contributed by atoms with Gasteiger partial charge < -0.3 is 24.5 Å². The van der Waals surface area contributed by atoms with E-state index in [0.717, 1.165) is 47.7 Å². The van der Waals surface area contributed by atoms with E-state index in [-0.39, 0.29) is 6.79 Å². The Morgan fingerprint density at radius 1 is 1.30 bits per heavy atom. The van der Waals surface area contributed by atoms with Crippen LogP contribution in [0, 0.1) is 0 Å². The normalized spacial score (nSPS) is 13.3. The van der Waals surface area contributed by atoms with Crippen molar-refractivity contribution in [2.75, 3.05) is 20.4 Å². The van der Waals surface area contributed by atoms with Crippen molar-refractivity contribution in [1.29, 1.82) is 0 Å². The number of aromatic nitrogens is 2. The molecule has 0 fully saturated rings. The van der Waals surface area contributed by atoms with Crippen molar-refractivity contribution in [3.05, 3.63) is 18.0 Å². The maximum Gasteiger partial charge on any atom is 0.231 e. The number of methoxy groups -OCH3 is 1. The lowest BCUT2D eigenvalue weighted by atomic mass is 10.2. The van der Waals surface area contributed by atoms with E-state index < -0.39 is 0 Å². The molecular weight excluding hydrogens is 258 g/mol. The van der Waals surface area contributed by atoms with Crippen LogP contribution in [0.3, 0.4) is 0 Å². The number of nitrogens with zero attached hydrogens (tertiary/aromatic N) is 2. The van der Waals surface area contributed by atoms with Crippen molar-refractivity contribution in [2.45, 2.75) is 26.0 Å². The number of ether oxygens (including phenoxy) is 3. The third-order valence-corrected chi connectivity index (χ3v) is 3.43. The van der Waals surface area contributed by atoms with Crippen LogP contribution in [0.25, 0.3) is 11.0 Å². The molecule has 0 bridgehead atoms. The van der Waals surface area contributed by atoms with Gasteiger partial charge in [0, 0.05) is 25.8 Å². The van der Waals surface area contributed by atoms with Gasteiger partial charge in [0.25, 0.3) is 0 Å². The zero-order chi connectivity index (χ0) is 13.9. The third kappa shape index (κ3) is 2.32. The Kier molecular flexibility index (Phi) is 3.75. The Balaban J connectivity index is 2.00. The standard InChI is InChI=1S/C14H19N3O3/c1-18-8-14-16-10-6-12-13(20-9-19-12)7-11(10)17(14)5-3-2-4-15/h6-7H,2-5,8-9,15H2,1H3. The maximum absolute atomic E-state index is 5.57. The first-order valence-corrected chi connectivity index (χ1v) is 6.81. The molecule has 6 heteroatoms. The van der Waals surface area contributed by atoms with Gasteiger partial charge in [-0.15, -0.1) is 0 Å². The van der Waals surface area contributed by atoms with Crippen LogP contribution in [0.4, 0.5) is 0 Å². The lowest BCUT2D eigenvalue weighted by molar-refractivity contribution is 0.173. The summed E-state index contributed by atoms with van der Waals surface area (Å²) < 4.78 is 18.2. The van der Waals surface area contributed by atoms with Crippen molar-refractivity contribution in [1.82, 2.24) is 9.55 Å². The fourth-order valence-corrected chi connectivity index (χ4v) is 2.47. The van der Waals surface area contributed by atoms with Crippen LogP contribution in [0.5, 0.6) is 11.5 Å². The molecular formula is C14H19N3O3. The quantitative estimate of drug-likeness (QED) is 0.813. The highest BCUT2D eigenvalue weighted by atomic mass is 16.7. The molecule has 2 N–H and O–H groups in total. The minimum Gasteiger partial charge on any atom is -0.454 e. The third-order valence-electron chi connectivity index (χ3n) is 3.43. The van der Waals surface area contributed by atoms with Crippen molar-refractivity contribution < 1.29 is 14.2 Å². The number of imidazole rings is 1. The molecule has 1 aliphatic rings. The summed E-state index contributed by atoms with van der Waals surface area (Å²) >= 11 is 0. The van der Waals surface area contributed by atoms with Gasteiger partial charge in [-0.3, -0.25) is 0 Å². The summed E-state index contributed by atoms with van der Waals surface area (Å²) in [5.41, 5.74) is 7.53. The highest BCUT2D eigenvalue weighted by Gasteiger charge is 2.18. The molecule has 1 aromatic carbocycles. The van der Waals surface area contributed by atoms with Gasteiger partial charge in [-0.25, -0.2) is 4.98 Å². The fraction of sp³-hybridized carbons (Fsp3) is 0.500. The molecule has 0 spiro atoms. The van der Waals surface area contributed by atoms with E-state index in [1.165, 1.54) is 0 Å². The molecule has 3 rings (SSSR count). The molecule has 6 nitrogen and oxygen atoms in total. The number of nitrogens with two attached hydrogens (primary N) is 1. The number of fused-ring (bicyclic) bond motifs is 2. The topological polar surface area (TPSA) is 71.5 Å². The van der Waals surface area contributed by atoms with Gasteiger partial charge in [-0.1, -0.05) is 0 Å². The monoisotopic (exact) mass is 277 g/mol. The maximum atomic E-state index is 5.57. The van der Waals surface area contributed by atoms with Crippen molar-refractivity contribution in [2.24, 2.45) is 5.73 Å². The van der Waals surface area contributed by atoms with E-state index >= 15 is 0 Å². The van der Waals surface area contributed by atoms with E-state index in [1.54, 1.807) is 7.11 Å². The molecule has 0 aliphatic carbocycles. The molecule has 0 radical (unpaired) electrons. The van der Waals surface area contributed by atoms with Gasteiger partial charge in [0.2, 0.25) is 6.79 Å².